The molecule has 0 aromatic heterocycles. The van der Waals surface area contributed by atoms with E-state index in [0.29, 0.717) is 30.1 Å². The zero-order valence-corrected chi connectivity index (χ0v) is 18.8. The highest BCUT2D eigenvalue weighted by atomic mass is 17.2. The Balaban J connectivity index is 1.54. The van der Waals surface area contributed by atoms with Crippen molar-refractivity contribution in [2.45, 2.75) is 90.4 Å². The van der Waals surface area contributed by atoms with E-state index in [1.807, 2.05) is 0 Å². The smallest absolute Gasteiger partial charge is 0.147 e. The van der Waals surface area contributed by atoms with Gasteiger partial charge in [0.1, 0.15) is 11.2 Å². The molecule has 3 nitrogen and oxygen atoms in total. The number of allylic oxidation sites excluding steroid dienone is 3. The lowest BCUT2D eigenvalue weighted by atomic mass is 9.47. The van der Waals surface area contributed by atoms with Crippen LogP contribution in [0.25, 0.3) is 0 Å². The lowest BCUT2D eigenvalue weighted by Gasteiger charge is -2.66. The average Bonchev–Trinajstić information content (AvgIpc) is 3.04. The van der Waals surface area contributed by atoms with Crippen LogP contribution >= 0.6 is 0 Å². The first-order valence-corrected chi connectivity index (χ1v) is 11.8. The molecule has 0 amide bonds. The van der Waals surface area contributed by atoms with Crippen LogP contribution < -0.4 is 0 Å². The SMILES string of the molecule is CC(C)/C=C/[C@@H](C)[C@H]1CC[C@@H]2[C@]1(C)CC=C1[C@]23C=C[C@]2(C[C@@H](O)CC[C@]12C)OO3. The molecule has 1 N–H and O–H groups in total. The zero-order valence-electron chi connectivity index (χ0n) is 18.8. The van der Waals surface area contributed by atoms with Crippen LogP contribution in [0.4, 0.5) is 0 Å². The first-order valence-electron chi connectivity index (χ1n) is 11.8. The van der Waals surface area contributed by atoms with E-state index in [4.69, 9.17) is 9.78 Å². The molecule has 4 aliphatic carbocycles. The second kappa shape index (κ2) is 6.31. The Bertz CT molecular complexity index is 781. The molecule has 160 valence electrons. The third-order valence-corrected chi connectivity index (χ3v) is 9.50. The maximum atomic E-state index is 10.4. The van der Waals surface area contributed by atoms with Gasteiger partial charge in [-0.25, -0.2) is 9.78 Å². The predicted octanol–water partition coefficient (Wildman–Crippen LogP) is 5.76. The van der Waals surface area contributed by atoms with Crippen LogP contribution in [-0.2, 0) is 9.78 Å². The molecule has 3 heteroatoms. The Hall–Kier alpha value is -0.900. The summed E-state index contributed by atoms with van der Waals surface area (Å²) in [5, 5.41) is 10.4. The van der Waals surface area contributed by atoms with Crippen LogP contribution in [0.3, 0.4) is 0 Å². The first kappa shape index (κ1) is 20.0. The summed E-state index contributed by atoms with van der Waals surface area (Å²) in [7, 11) is 0. The van der Waals surface area contributed by atoms with Crippen LogP contribution in [0.1, 0.15) is 73.1 Å². The maximum Gasteiger partial charge on any atom is 0.147 e. The molecule has 2 aliphatic heterocycles. The van der Waals surface area contributed by atoms with E-state index >= 15 is 0 Å². The van der Waals surface area contributed by atoms with Crippen molar-refractivity contribution in [3.63, 3.8) is 0 Å². The Morgan fingerprint density at radius 1 is 1.07 bits per heavy atom. The topological polar surface area (TPSA) is 38.7 Å². The summed E-state index contributed by atoms with van der Waals surface area (Å²) in [6, 6.07) is 0. The van der Waals surface area contributed by atoms with Crippen LogP contribution in [0.15, 0.2) is 36.0 Å². The molecule has 6 rings (SSSR count). The molecule has 0 aromatic carbocycles. The molecule has 2 bridgehead atoms. The second-order valence-corrected chi connectivity index (χ2v) is 11.5. The van der Waals surface area contributed by atoms with Gasteiger partial charge in [-0.05, 0) is 73.0 Å². The van der Waals surface area contributed by atoms with Crippen LogP contribution in [0.5, 0.6) is 0 Å². The van der Waals surface area contributed by atoms with E-state index in [1.54, 1.807) is 0 Å². The van der Waals surface area contributed by atoms with Gasteiger partial charge in [0.25, 0.3) is 0 Å². The lowest BCUT2D eigenvalue weighted by Crippen LogP contribution is -2.69. The average molecular weight is 399 g/mol. The highest BCUT2D eigenvalue weighted by Crippen LogP contribution is 2.71. The molecule has 2 saturated carbocycles. The highest BCUT2D eigenvalue weighted by molar-refractivity contribution is 5.48. The summed E-state index contributed by atoms with van der Waals surface area (Å²) in [4.78, 5) is 12.6. The van der Waals surface area contributed by atoms with E-state index in [-0.39, 0.29) is 16.9 Å². The first-order chi connectivity index (χ1) is 13.7. The Kier molecular flexibility index (Phi) is 4.36. The van der Waals surface area contributed by atoms with Gasteiger partial charge in [-0.2, -0.15) is 0 Å². The Labute approximate surface area is 176 Å². The van der Waals surface area contributed by atoms with Crippen LogP contribution in [0.2, 0.25) is 0 Å². The molecule has 0 radical (unpaired) electrons. The van der Waals surface area contributed by atoms with Crippen molar-refractivity contribution in [3.05, 3.63) is 36.0 Å². The van der Waals surface area contributed by atoms with E-state index in [9.17, 15) is 5.11 Å². The van der Waals surface area contributed by atoms with Crippen LogP contribution in [-0.4, -0.2) is 22.4 Å². The number of aliphatic hydroxyl groups is 1. The predicted molar refractivity (Wildman–Crippen MR) is 115 cm³/mol. The molecule has 3 fully saturated rings. The molecule has 2 heterocycles. The molecular formula is C26H38O3. The summed E-state index contributed by atoms with van der Waals surface area (Å²) in [6.45, 7) is 11.8. The van der Waals surface area contributed by atoms with Crippen molar-refractivity contribution in [3.8, 4) is 0 Å². The fourth-order valence-corrected chi connectivity index (χ4v) is 7.83. The summed E-state index contributed by atoms with van der Waals surface area (Å²) in [5.41, 5.74) is 0.681. The van der Waals surface area contributed by atoms with Crippen molar-refractivity contribution in [1.29, 1.82) is 0 Å². The third-order valence-electron chi connectivity index (χ3n) is 9.50. The number of hydrogen-bond acceptors (Lipinski definition) is 3. The number of rotatable bonds is 3. The fraction of sp³-hybridized carbons (Fsp3) is 0.769. The van der Waals surface area contributed by atoms with Gasteiger partial charge < -0.3 is 5.11 Å². The van der Waals surface area contributed by atoms with Gasteiger partial charge in [0.05, 0.1) is 6.10 Å². The van der Waals surface area contributed by atoms with Crippen molar-refractivity contribution < 1.29 is 14.9 Å². The van der Waals surface area contributed by atoms with Crippen molar-refractivity contribution in [2.75, 3.05) is 0 Å². The van der Waals surface area contributed by atoms with Crippen molar-refractivity contribution in [1.82, 2.24) is 0 Å². The number of aliphatic hydroxyl groups excluding tert-OH is 1. The lowest BCUT2D eigenvalue weighted by molar-refractivity contribution is -0.455. The summed E-state index contributed by atoms with van der Waals surface area (Å²) in [6.07, 6.45) is 17.6. The van der Waals surface area contributed by atoms with Crippen LogP contribution in [0, 0.1) is 34.5 Å². The molecule has 6 aliphatic rings. The second-order valence-electron chi connectivity index (χ2n) is 11.5. The van der Waals surface area contributed by atoms with Gasteiger partial charge in [0.15, 0.2) is 0 Å². The molecule has 0 unspecified atom stereocenters. The molecule has 8 atom stereocenters. The minimum absolute atomic E-state index is 0.0677. The molecule has 29 heavy (non-hydrogen) atoms. The quantitative estimate of drug-likeness (QED) is 0.485. The van der Waals surface area contributed by atoms with Gasteiger partial charge in [-0.1, -0.05) is 52.8 Å². The molecule has 0 aromatic rings. The molecule has 2 spiro atoms. The summed E-state index contributed by atoms with van der Waals surface area (Å²) < 4.78 is 0. The van der Waals surface area contributed by atoms with Gasteiger partial charge in [0, 0.05) is 17.8 Å². The van der Waals surface area contributed by atoms with E-state index in [0.717, 1.165) is 19.3 Å². The largest absolute Gasteiger partial charge is 0.393 e. The van der Waals surface area contributed by atoms with Gasteiger partial charge in [-0.3, -0.25) is 0 Å². The van der Waals surface area contributed by atoms with E-state index in [2.05, 4.69) is 65.0 Å². The zero-order chi connectivity index (χ0) is 20.7. The summed E-state index contributed by atoms with van der Waals surface area (Å²) >= 11 is 0. The number of hydrogen-bond donors (Lipinski definition) is 1. The summed E-state index contributed by atoms with van der Waals surface area (Å²) in [5.74, 6) is 2.30. The minimum atomic E-state index is -0.503. The van der Waals surface area contributed by atoms with Gasteiger partial charge in [-0.15, -0.1) is 0 Å². The van der Waals surface area contributed by atoms with Gasteiger partial charge in [0.2, 0.25) is 0 Å². The monoisotopic (exact) mass is 398 g/mol. The normalized spacial score (nSPS) is 51.7. The van der Waals surface area contributed by atoms with E-state index in [1.165, 1.54) is 18.4 Å². The molecular weight excluding hydrogens is 360 g/mol. The standard InChI is InChI=1S/C26H38O3/c1-17(2)6-7-18(3)20-8-9-21-23(20,4)12-11-22-24(5)13-10-19(27)16-25(24)14-15-26(21,22)29-28-25/h6-7,11,14-15,17-21,27H,8-10,12-13,16H2,1-5H3/b7-6+/t18-,19+,20-,21-,23-,24-,25-,26+/m1/s1. The van der Waals surface area contributed by atoms with Crippen molar-refractivity contribution >= 4 is 0 Å². The molecule has 1 saturated heterocycles. The van der Waals surface area contributed by atoms with E-state index < -0.39 is 11.2 Å². The highest BCUT2D eigenvalue weighted by Gasteiger charge is 2.71. The Morgan fingerprint density at radius 3 is 2.55 bits per heavy atom. The minimum Gasteiger partial charge on any atom is -0.393 e. The maximum absolute atomic E-state index is 10.4. The van der Waals surface area contributed by atoms with Gasteiger partial charge >= 0.3 is 0 Å². The Morgan fingerprint density at radius 2 is 1.86 bits per heavy atom. The van der Waals surface area contributed by atoms with Crippen molar-refractivity contribution in [2.24, 2.45) is 34.5 Å². The fourth-order valence-electron chi connectivity index (χ4n) is 7.83. The third kappa shape index (κ3) is 2.47. The number of fused-ring (bicyclic) bond motifs is 2.